The first-order chi connectivity index (χ1) is 10.2. The number of aromatic amines is 1. The van der Waals surface area contributed by atoms with E-state index in [1.165, 1.54) is 11.6 Å². The molecule has 0 spiro atoms. The summed E-state index contributed by atoms with van der Waals surface area (Å²) < 4.78 is 13.2. The Morgan fingerprint density at radius 1 is 1.19 bits per heavy atom. The fourth-order valence-corrected chi connectivity index (χ4v) is 3.46. The molecule has 1 aromatic carbocycles. The molecule has 3 nitrogen and oxygen atoms in total. The highest BCUT2D eigenvalue weighted by Gasteiger charge is 2.35. The molecular weight excluding hydrogens is 267 g/mol. The second-order valence-electron chi connectivity index (χ2n) is 6.31. The lowest BCUT2D eigenvalue weighted by molar-refractivity contribution is -0.133. The number of amides is 1. The van der Waals surface area contributed by atoms with Gasteiger partial charge in [-0.05, 0) is 55.4 Å². The summed E-state index contributed by atoms with van der Waals surface area (Å²) in [5.74, 6) is 0.931. The molecule has 1 aromatic heterocycles. The number of hydrogen-bond donors (Lipinski definition) is 1. The van der Waals surface area contributed by atoms with Gasteiger partial charge >= 0.3 is 0 Å². The van der Waals surface area contributed by atoms with Crippen LogP contribution in [0.1, 0.15) is 37.2 Å². The zero-order valence-corrected chi connectivity index (χ0v) is 11.9. The summed E-state index contributed by atoms with van der Waals surface area (Å²) in [5, 5.41) is 1.11. The summed E-state index contributed by atoms with van der Waals surface area (Å²) in [7, 11) is 0. The van der Waals surface area contributed by atoms with Crippen molar-refractivity contribution in [2.24, 2.45) is 5.92 Å². The first-order valence-electron chi connectivity index (χ1n) is 7.77. The molecule has 0 bridgehead atoms. The van der Waals surface area contributed by atoms with E-state index in [0.29, 0.717) is 17.7 Å². The Balaban J connectivity index is 1.50. The van der Waals surface area contributed by atoms with Gasteiger partial charge in [0.05, 0.1) is 0 Å². The number of aromatic nitrogens is 1. The normalized spacial score (nSPS) is 20.1. The van der Waals surface area contributed by atoms with Crippen LogP contribution < -0.4 is 0 Å². The van der Waals surface area contributed by atoms with Crippen molar-refractivity contribution in [1.29, 1.82) is 0 Å². The van der Waals surface area contributed by atoms with Gasteiger partial charge in [-0.3, -0.25) is 4.79 Å². The van der Waals surface area contributed by atoms with E-state index >= 15 is 0 Å². The van der Waals surface area contributed by atoms with Gasteiger partial charge < -0.3 is 9.88 Å². The van der Waals surface area contributed by atoms with Crippen molar-refractivity contribution in [1.82, 2.24) is 9.88 Å². The van der Waals surface area contributed by atoms with E-state index in [0.717, 1.165) is 49.7 Å². The molecule has 2 fully saturated rings. The van der Waals surface area contributed by atoms with Crippen molar-refractivity contribution in [2.45, 2.75) is 31.6 Å². The molecule has 0 atom stereocenters. The molecule has 1 amide bonds. The van der Waals surface area contributed by atoms with Gasteiger partial charge in [0.2, 0.25) is 5.91 Å². The highest BCUT2D eigenvalue weighted by molar-refractivity contribution is 5.84. The Bertz CT molecular complexity index is 681. The SMILES string of the molecule is O=C(C1CC1)N1CCC(c2c[nH]c3cc(F)ccc23)CC1. The van der Waals surface area contributed by atoms with Crippen LogP contribution in [-0.2, 0) is 4.79 Å². The number of rotatable bonds is 2. The summed E-state index contributed by atoms with van der Waals surface area (Å²) in [5.41, 5.74) is 2.13. The average molecular weight is 286 g/mol. The maximum Gasteiger partial charge on any atom is 0.225 e. The van der Waals surface area contributed by atoms with Crippen LogP contribution in [0, 0.1) is 11.7 Å². The van der Waals surface area contributed by atoms with Gasteiger partial charge in [0.25, 0.3) is 0 Å². The van der Waals surface area contributed by atoms with Crippen molar-refractivity contribution in [3.63, 3.8) is 0 Å². The summed E-state index contributed by atoms with van der Waals surface area (Å²) in [6.45, 7) is 1.71. The van der Waals surface area contributed by atoms with Gasteiger partial charge in [-0.25, -0.2) is 4.39 Å². The van der Waals surface area contributed by atoms with Crippen molar-refractivity contribution in [2.75, 3.05) is 13.1 Å². The lowest BCUT2D eigenvalue weighted by Crippen LogP contribution is -2.38. The minimum absolute atomic E-state index is 0.208. The largest absolute Gasteiger partial charge is 0.361 e. The first-order valence-corrected chi connectivity index (χ1v) is 7.77. The molecule has 1 saturated carbocycles. The number of piperidine rings is 1. The molecule has 2 heterocycles. The number of H-pyrrole nitrogens is 1. The molecule has 2 aromatic rings. The van der Waals surface area contributed by atoms with Crippen molar-refractivity contribution in [3.05, 3.63) is 35.8 Å². The Hall–Kier alpha value is -1.84. The molecule has 4 heteroatoms. The fourth-order valence-electron chi connectivity index (χ4n) is 3.46. The zero-order chi connectivity index (χ0) is 14.4. The number of halogens is 1. The van der Waals surface area contributed by atoms with Crippen molar-refractivity contribution in [3.8, 4) is 0 Å². The van der Waals surface area contributed by atoms with E-state index in [9.17, 15) is 9.18 Å². The summed E-state index contributed by atoms with van der Waals surface area (Å²) in [6, 6.07) is 4.92. The molecule has 1 aliphatic carbocycles. The van der Waals surface area contributed by atoms with Crippen LogP contribution in [0.5, 0.6) is 0 Å². The Labute approximate surface area is 123 Å². The van der Waals surface area contributed by atoms with E-state index in [1.807, 2.05) is 17.2 Å². The second kappa shape index (κ2) is 4.86. The highest BCUT2D eigenvalue weighted by atomic mass is 19.1. The van der Waals surface area contributed by atoms with Crippen LogP contribution in [0.25, 0.3) is 10.9 Å². The van der Waals surface area contributed by atoms with Gasteiger partial charge in [0.1, 0.15) is 5.82 Å². The van der Waals surface area contributed by atoms with Crippen LogP contribution in [0.2, 0.25) is 0 Å². The molecule has 0 unspecified atom stereocenters. The summed E-state index contributed by atoms with van der Waals surface area (Å²) >= 11 is 0. The number of nitrogens with zero attached hydrogens (tertiary/aromatic N) is 1. The van der Waals surface area contributed by atoms with Gasteiger partial charge in [0.15, 0.2) is 0 Å². The van der Waals surface area contributed by atoms with Crippen molar-refractivity contribution < 1.29 is 9.18 Å². The molecular formula is C17H19FN2O. The van der Waals surface area contributed by atoms with Gasteiger partial charge in [-0.1, -0.05) is 0 Å². The van der Waals surface area contributed by atoms with Crippen molar-refractivity contribution >= 4 is 16.8 Å². The molecule has 1 saturated heterocycles. The van der Waals surface area contributed by atoms with Crippen LogP contribution in [0.15, 0.2) is 24.4 Å². The van der Waals surface area contributed by atoms with Crippen LogP contribution in [-0.4, -0.2) is 28.9 Å². The molecule has 2 aliphatic rings. The average Bonchev–Trinajstić information content (AvgIpc) is 3.27. The first kappa shape index (κ1) is 12.9. The van der Waals surface area contributed by atoms with E-state index in [2.05, 4.69) is 4.98 Å². The molecule has 21 heavy (non-hydrogen) atoms. The zero-order valence-electron chi connectivity index (χ0n) is 11.9. The smallest absolute Gasteiger partial charge is 0.225 e. The lowest BCUT2D eigenvalue weighted by Gasteiger charge is -2.32. The van der Waals surface area contributed by atoms with Crippen LogP contribution in [0.4, 0.5) is 4.39 Å². The second-order valence-corrected chi connectivity index (χ2v) is 6.31. The maximum absolute atomic E-state index is 13.2. The standard InChI is InChI=1S/C17H19FN2O/c18-13-3-4-14-15(10-19-16(14)9-13)11-5-7-20(8-6-11)17(21)12-1-2-12/h3-4,9-12,19H,1-2,5-8H2. The molecule has 1 aliphatic heterocycles. The fraction of sp³-hybridized carbons (Fsp3) is 0.471. The molecule has 4 rings (SSSR count). The van der Waals surface area contributed by atoms with E-state index in [1.54, 1.807) is 6.07 Å². The minimum atomic E-state index is -0.208. The van der Waals surface area contributed by atoms with E-state index < -0.39 is 0 Å². The number of carbonyl (C=O) groups is 1. The van der Waals surface area contributed by atoms with Gasteiger partial charge in [-0.2, -0.15) is 0 Å². The third kappa shape index (κ3) is 2.33. The third-order valence-electron chi connectivity index (χ3n) is 4.85. The van der Waals surface area contributed by atoms with Crippen LogP contribution in [0.3, 0.4) is 0 Å². The highest BCUT2D eigenvalue weighted by Crippen LogP contribution is 2.36. The monoisotopic (exact) mass is 286 g/mol. The third-order valence-corrected chi connectivity index (χ3v) is 4.85. The Morgan fingerprint density at radius 2 is 1.95 bits per heavy atom. The number of hydrogen-bond acceptors (Lipinski definition) is 1. The summed E-state index contributed by atoms with van der Waals surface area (Å²) in [4.78, 5) is 17.3. The number of benzene rings is 1. The summed E-state index contributed by atoms with van der Waals surface area (Å²) in [6.07, 6.45) is 6.16. The predicted molar refractivity (Wildman–Crippen MR) is 79.5 cm³/mol. The van der Waals surface area contributed by atoms with E-state index in [4.69, 9.17) is 0 Å². The lowest BCUT2D eigenvalue weighted by atomic mass is 9.89. The van der Waals surface area contributed by atoms with Crippen LogP contribution >= 0.6 is 0 Å². The number of carbonyl (C=O) groups excluding carboxylic acids is 1. The molecule has 0 radical (unpaired) electrons. The quantitative estimate of drug-likeness (QED) is 0.902. The Kier molecular flexibility index (Phi) is 2.98. The topological polar surface area (TPSA) is 36.1 Å². The minimum Gasteiger partial charge on any atom is -0.361 e. The van der Waals surface area contributed by atoms with Gasteiger partial charge in [-0.15, -0.1) is 0 Å². The Morgan fingerprint density at radius 3 is 2.67 bits per heavy atom. The number of fused-ring (bicyclic) bond motifs is 1. The maximum atomic E-state index is 13.2. The number of likely N-dealkylation sites (tertiary alicyclic amines) is 1. The molecule has 1 N–H and O–H groups in total. The van der Waals surface area contributed by atoms with Gasteiger partial charge in [0, 0.05) is 36.1 Å². The van der Waals surface area contributed by atoms with E-state index in [-0.39, 0.29) is 5.82 Å². The number of nitrogens with one attached hydrogen (secondary N) is 1. The predicted octanol–water partition coefficient (Wildman–Crippen LogP) is 3.42. The molecule has 110 valence electrons.